The van der Waals surface area contributed by atoms with Gasteiger partial charge in [-0.15, -0.1) is 0 Å². The number of aromatic carboxylic acids is 1. The predicted molar refractivity (Wildman–Crippen MR) is 74.0 cm³/mol. The molecule has 0 aromatic heterocycles. The van der Waals surface area contributed by atoms with E-state index in [1.165, 1.54) is 18.2 Å². The molecule has 0 aliphatic carbocycles. The summed E-state index contributed by atoms with van der Waals surface area (Å²) >= 11 is 5.79. The monoisotopic (exact) mass is 285 g/mol. The summed E-state index contributed by atoms with van der Waals surface area (Å²) in [6.45, 7) is 1.24. The van der Waals surface area contributed by atoms with Crippen LogP contribution in [0.25, 0.3) is 0 Å². The molecule has 0 radical (unpaired) electrons. The highest BCUT2D eigenvalue weighted by atomic mass is 35.5. The first-order valence-electron chi connectivity index (χ1n) is 5.62. The van der Waals surface area contributed by atoms with Gasteiger partial charge in [-0.3, -0.25) is 0 Å². The van der Waals surface area contributed by atoms with Gasteiger partial charge in [0, 0.05) is 18.8 Å². The van der Waals surface area contributed by atoms with Crippen LogP contribution < -0.4 is 10.6 Å². The second-order valence-corrected chi connectivity index (χ2v) is 4.59. The molecule has 0 spiro atoms. The normalized spacial score (nSPS) is 10.3. The zero-order valence-corrected chi connectivity index (χ0v) is 11.5. The maximum Gasteiger partial charge on any atom is 0.337 e. The lowest BCUT2D eigenvalue weighted by Crippen LogP contribution is -2.34. The molecule has 0 unspecified atom stereocenters. The fraction of sp³-hybridized carbons (Fsp3) is 0.333. The van der Waals surface area contributed by atoms with Gasteiger partial charge in [-0.2, -0.15) is 0 Å². The molecule has 2 amide bonds. The number of carboxylic acid groups (broad SMARTS) is 1. The molecule has 1 aromatic carbocycles. The number of rotatable bonds is 5. The topological polar surface area (TPSA) is 81.7 Å². The average molecular weight is 286 g/mol. The molecule has 3 N–H and O–H groups in total. The third-order valence-corrected chi connectivity index (χ3v) is 2.61. The quantitative estimate of drug-likeness (QED) is 0.769. The molecule has 1 aromatic rings. The van der Waals surface area contributed by atoms with Gasteiger partial charge in [-0.1, -0.05) is 11.6 Å². The maximum atomic E-state index is 11.5. The predicted octanol–water partition coefficient (Wildman–Crippen LogP) is 1.72. The Morgan fingerprint density at radius 1 is 1.37 bits per heavy atom. The first kappa shape index (κ1) is 15.3. The Morgan fingerprint density at radius 2 is 2.05 bits per heavy atom. The molecule has 0 aliphatic rings. The Balaban J connectivity index is 2.55. The van der Waals surface area contributed by atoms with E-state index in [0.717, 1.165) is 6.54 Å². The third kappa shape index (κ3) is 5.15. The highest BCUT2D eigenvalue weighted by Crippen LogP contribution is 2.20. The molecule has 104 valence electrons. The summed E-state index contributed by atoms with van der Waals surface area (Å²) in [6, 6.07) is 3.87. The number of urea groups is 1. The summed E-state index contributed by atoms with van der Waals surface area (Å²) in [7, 11) is 3.81. The molecular weight excluding hydrogens is 270 g/mol. The standard InChI is InChI=1S/C12H16ClN3O3/c1-16(2)6-5-14-12(19)15-8-3-4-9(11(17)18)10(13)7-8/h3-4,7H,5-6H2,1-2H3,(H,17,18)(H2,14,15,19). The molecule has 19 heavy (non-hydrogen) atoms. The zero-order chi connectivity index (χ0) is 14.4. The fourth-order valence-corrected chi connectivity index (χ4v) is 1.60. The van der Waals surface area contributed by atoms with Crippen molar-refractivity contribution in [3.63, 3.8) is 0 Å². The number of hydrogen-bond donors (Lipinski definition) is 3. The Hall–Kier alpha value is -1.79. The van der Waals surface area contributed by atoms with E-state index in [-0.39, 0.29) is 16.6 Å². The highest BCUT2D eigenvalue weighted by Gasteiger charge is 2.09. The number of nitrogens with one attached hydrogen (secondary N) is 2. The van der Waals surface area contributed by atoms with Crippen LogP contribution in [0.1, 0.15) is 10.4 Å². The number of carboxylic acids is 1. The van der Waals surface area contributed by atoms with Gasteiger partial charge in [0.1, 0.15) is 0 Å². The van der Waals surface area contributed by atoms with E-state index >= 15 is 0 Å². The van der Waals surface area contributed by atoms with Gasteiger partial charge in [0.15, 0.2) is 0 Å². The highest BCUT2D eigenvalue weighted by molar-refractivity contribution is 6.33. The maximum absolute atomic E-state index is 11.5. The van der Waals surface area contributed by atoms with Crippen LogP contribution in [0.5, 0.6) is 0 Å². The van der Waals surface area contributed by atoms with Gasteiger partial charge in [0.25, 0.3) is 0 Å². The molecule has 0 atom stereocenters. The van der Waals surface area contributed by atoms with Crippen molar-refractivity contribution in [1.29, 1.82) is 0 Å². The number of benzene rings is 1. The van der Waals surface area contributed by atoms with Crippen LogP contribution in [0.3, 0.4) is 0 Å². The molecule has 0 heterocycles. The minimum atomic E-state index is -1.10. The summed E-state index contributed by atoms with van der Waals surface area (Å²) in [4.78, 5) is 24.2. The Bertz CT molecular complexity index is 477. The Labute approximate surface area is 116 Å². The van der Waals surface area contributed by atoms with E-state index in [1.807, 2.05) is 19.0 Å². The molecule has 0 saturated heterocycles. The lowest BCUT2D eigenvalue weighted by Gasteiger charge is -2.11. The van der Waals surface area contributed by atoms with E-state index in [4.69, 9.17) is 16.7 Å². The van der Waals surface area contributed by atoms with Crippen LogP contribution in [-0.4, -0.2) is 49.2 Å². The lowest BCUT2D eigenvalue weighted by molar-refractivity contribution is 0.0697. The number of amides is 2. The van der Waals surface area contributed by atoms with Gasteiger partial charge >= 0.3 is 12.0 Å². The lowest BCUT2D eigenvalue weighted by atomic mass is 10.2. The molecule has 0 saturated carbocycles. The first-order valence-corrected chi connectivity index (χ1v) is 6.00. The van der Waals surface area contributed by atoms with Crippen LogP contribution in [-0.2, 0) is 0 Å². The molecular formula is C12H16ClN3O3. The number of halogens is 1. The van der Waals surface area contributed by atoms with Crippen molar-refractivity contribution in [1.82, 2.24) is 10.2 Å². The van der Waals surface area contributed by atoms with E-state index in [1.54, 1.807) is 0 Å². The van der Waals surface area contributed by atoms with Crippen molar-refractivity contribution in [3.05, 3.63) is 28.8 Å². The molecule has 1 rings (SSSR count). The summed E-state index contributed by atoms with van der Waals surface area (Å²) in [6.07, 6.45) is 0. The summed E-state index contributed by atoms with van der Waals surface area (Å²) < 4.78 is 0. The van der Waals surface area contributed by atoms with E-state index in [2.05, 4.69) is 10.6 Å². The van der Waals surface area contributed by atoms with Crippen LogP contribution >= 0.6 is 11.6 Å². The Morgan fingerprint density at radius 3 is 2.58 bits per heavy atom. The van der Waals surface area contributed by atoms with E-state index < -0.39 is 5.97 Å². The van der Waals surface area contributed by atoms with Gasteiger partial charge in [0.05, 0.1) is 10.6 Å². The first-order chi connectivity index (χ1) is 8.90. The molecule has 6 nitrogen and oxygen atoms in total. The number of hydrogen-bond acceptors (Lipinski definition) is 3. The number of carbonyl (C=O) groups is 2. The van der Waals surface area contributed by atoms with Crippen LogP contribution in [0.2, 0.25) is 5.02 Å². The fourth-order valence-electron chi connectivity index (χ4n) is 1.33. The van der Waals surface area contributed by atoms with Crippen molar-refractivity contribution >= 4 is 29.3 Å². The number of nitrogens with zero attached hydrogens (tertiary/aromatic N) is 1. The van der Waals surface area contributed by atoms with Crippen molar-refractivity contribution < 1.29 is 14.7 Å². The van der Waals surface area contributed by atoms with Crippen LogP contribution in [0.4, 0.5) is 10.5 Å². The molecule has 0 fully saturated rings. The number of likely N-dealkylation sites (N-methyl/N-ethyl adjacent to an activating group) is 1. The van der Waals surface area contributed by atoms with Crippen molar-refractivity contribution in [2.45, 2.75) is 0 Å². The molecule has 0 aliphatic heterocycles. The van der Waals surface area contributed by atoms with Crippen LogP contribution in [0, 0.1) is 0 Å². The summed E-state index contributed by atoms with van der Waals surface area (Å²) in [5.74, 6) is -1.10. The summed E-state index contributed by atoms with van der Waals surface area (Å²) in [5, 5.41) is 14.1. The van der Waals surface area contributed by atoms with Crippen molar-refractivity contribution in [3.8, 4) is 0 Å². The van der Waals surface area contributed by atoms with E-state index in [0.29, 0.717) is 12.2 Å². The van der Waals surface area contributed by atoms with Crippen molar-refractivity contribution in [2.24, 2.45) is 0 Å². The minimum absolute atomic E-state index is 0.000215. The third-order valence-electron chi connectivity index (χ3n) is 2.30. The molecule has 0 bridgehead atoms. The van der Waals surface area contributed by atoms with Crippen LogP contribution in [0.15, 0.2) is 18.2 Å². The zero-order valence-electron chi connectivity index (χ0n) is 10.7. The molecule has 7 heteroatoms. The SMILES string of the molecule is CN(C)CCNC(=O)Nc1ccc(C(=O)O)c(Cl)c1. The smallest absolute Gasteiger partial charge is 0.337 e. The average Bonchev–Trinajstić information content (AvgIpc) is 2.27. The number of carbonyl (C=O) groups excluding carboxylic acids is 1. The van der Waals surface area contributed by atoms with Gasteiger partial charge in [-0.05, 0) is 32.3 Å². The minimum Gasteiger partial charge on any atom is -0.478 e. The van der Waals surface area contributed by atoms with Gasteiger partial charge in [0.2, 0.25) is 0 Å². The second kappa shape index (κ2) is 6.96. The number of anilines is 1. The second-order valence-electron chi connectivity index (χ2n) is 4.18. The van der Waals surface area contributed by atoms with Gasteiger partial charge < -0.3 is 20.6 Å². The summed E-state index contributed by atoms with van der Waals surface area (Å²) in [5.41, 5.74) is 0.442. The van der Waals surface area contributed by atoms with Crippen molar-refractivity contribution in [2.75, 3.05) is 32.5 Å². The van der Waals surface area contributed by atoms with E-state index in [9.17, 15) is 9.59 Å². The largest absolute Gasteiger partial charge is 0.478 e. The Kier molecular flexibility index (Phi) is 5.59. The van der Waals surface area contributed by atoms with Gasteiger partial charge in [-0.25, -0.2) is 9.59 Å².